The highest BCUT2D eigenvalue weighted by atomic mass is 16.5. The fraction of sp³-hybridized carbons (Fsp3) is 0.400. The molecule has 0 saturated carbocycles. The lowest BCUT2D eigenvalue weighted by Gasteiger charge is -2.22. The van der Waals surface area contributed by atoms with Gasteiger partial charge in [0.15, 0.2) is 0 Å². The molecule has 3 nitrogen and oxygen atoms in total. The van der Waals surface area contributed by atoms with Crippen molar-refractivity contribution >= 4 is 0 Å². The molecule has 3 heteroatoms. The van der Waals surface area contributed by atoms with Gasteiger partial charge in [-0.05, 0) is 43.0 Å². The van der Waals surface area contributed by atoms with Gasteiger partial charge in [0.25, 0.3) is 0 Å². The van der Waals surface area contributed by atoms with Gasteiger partial charge in [0.2, 0.25) is 0 Å². The molecule has 1 aliphatic heterocycles. The summed E-state index contributed by atoms with van der Waals surface area (Å²) < 4.78 is 7.55. The van der Waals surface area contributed by atoms with Crippen molar-refractivity contribution in [3.8, 4) is 17.1 Å². The molecule has 1 aliphatic rings. The van der Waals surface area contributed by atoms with Gasteiger partial charge in [0.1, 0.15) is 11.6 Å². The Hall–Kier alpha value is -1.77. The Bertz CT molecular complexity index is 542. The number of benzene rings is 1. The van der Waals surface area contributed by atoms with Crippen LogP contribution in [0.3, 0.4) is 0 Å². The number of rotatable bonds is 2. The molecule has 0 N–H and O–H groups in total. The molecule has 0 amide bonds. The predicted octanol–water partition coefficient (Wildman–Crippen LogP) is 3.14. The topological polar surface area (TPSA) is 27.1 Å². The predicted molar refractivity (Wildman–Crippen MR) is 71.7 cm³/mol. The molecular weight excluding hydrogens is 224 g/mol. The molecular formula is C15H18N2O. The minimum atomic E-state index is 0.740. The summed E-state index contributed by atoms with van der Waals surface area (Å²) in [6.07, 6.45) is 4.43. The molecule has 0 saturated heterocycles. The second kappa shape index (κ2) is 4.48. The summed E-state index contributed by atoms with van der Waals surface area (Å²) in [6.45, 7) is 3.39. The monoisotopic (exact) mass is 242 g/mol. The van der Waals surface area contributed by atoms with Crippen LogP contribution in [-0.2, 0) is 13.0 Å². The molecule has 1 atom stereocenters. The van der Waals surface area contributed by atoms with Crippen LogP contribution in [0.5, 0.6) is 5.75 Å². The lowest BCUT2D eigenvalue weighted by atomic mass is 10.00. The van der Waals surface area contributed by atoms with E-state index in [2.05, 4.69) is 28.6 Å². The number of methoxy groups -OCH3 is 1. The second-order valence-electron chi connectivity index (χ2n) is 5.06. The Kier molecular flexibility index (Phi) is 2.82. The zero-order valence-electron chi connectivity index (χ0n) is 10.9. The van der Waals surface area contributed by atoms with Gasteiger partial charge in [0, 0.05) is 24.0 Å². The quantitative estimate of drug-likeness (QED) is 0.809. The lowest BCUT2D eigenvalue weighted by molar-refractivity contribution is 0.402. The number of nitrogens with zero attached hydrogens (tertiary/aromatic N) is 2. The number of aromatic nitrogens is 2. The van der Waals surface area contributed by atoms with Gasteiger partial charge in [0.05, 0.1) is 7.11 Å². The third-order valence-corrected chi connectivity index (χ3v) is 3.67. The highest BCUT2D eigenvalue weighted by Gasteiger charge is 2.19. The van der Waals surface area contributed by atoms with Crippen molar-refractivity contribution in [2.75, 3.05) is 7.11 Å². The highest BCUT2D eigenvalue weighted by molar-refractivity contribution is 5.57. The van der Waals surface area contributed by atoms with Gasteiger partial charge in [-0.15, -0.1) is 0 Å². The maximum Gasteiger partial charge on any atom is 0.140 e. The van der Waals surface area contributed by atoms with E-state index >= 15 is 0 Å². The molecule has 1 aromatic heterocycles. The fourth-order valence-electron chi connectivity index (χ4n) is 2.58. The third kappa shape index (κ3) is 1.90. The molecule has 94 valence electrons. The molecule has 0 bridgehead atoms. The van der Waals surface area contributed by atoms with Gasteiger partial charge in [-0.1, -0.05) is 6.92 Å². The molecule has 2 aromatic rings. The second-order valence-corrected chi connectivity index (χ2v) is 5.06. The number of aryl methyl sites for hydroxylation is 1. The van der Waals surface area contributed by atoms with E-state index in [-0.39, 0.29) is 0 Å². The number of fused-ring (bicyclic) bond motifs is 1. The van der Waals surface area contributed by atoms with Crippen molar-refractivity contribution in [1.29, 1.82) is 0 Å². The Morgan fingerprint density at radius 3 is 2.78 bits per heavy atom. The first-order chi connectivity index (χ1) is 8.78. The SMILES string of the molecule is COc1ccc(-c2ncc3n2CC(C)CC3)cc1. The summed E-state index contributed by atoms with van der Waals surface area (Å²) in [7, 11) is 1.69. The summed E-state index contributed by atoms with van der Waals surface area (Å²) in [5.41, 5.74) is 2.52. The van der Waals surface area contributed by atoms with Gasteiger partial charge in [-0.2, -0.15) is 0 Å². The van der Waals surface area contributed by atoms with Crippen LogP contribution < -0.4 is 4.74 Å². The first-order valence-electron chi connectivity index (χ1n) is 6.47. The fourth-order valence-corrected chi connectivity index (χ4v) is 2.58. The average Bonchev–Trinajstić information content (AvgIpc) is 2.82. The van der Waals surface area contributed by atoms with Crippen LogP contribution >= 0.6 is 0 Å². The van der Waals surface area contributed by atoms with Crippen molar-refractivity contribution in [3.05, 3.63) is 36.2 Å². The maximum absolute atomic E-state index is 5.19. The first-order valence-corrected chi connectivity index (χ1v) is 6.47. The summed E-state index contributed by atoms with van der Waals surface area (Å²) >= 11 is 0. The van der Waals surface area contributed by atoms with Crippen LogP contribution in [0.25, 0.3) is 11.4 Å². The molecule has 0 fully saturated rings. The minimum absolute atomic E-state index is 0.740. The Labute approximate surface area is 107 Å². The van der Waals surface area contributed by atoms with Gasteiger partial charge in [-0.25, -0.2) is 4.98 Å². The summed E-state index contributed by atoms with van der Waals surface area (Å²) in [6, 6.07) is 8.13. The number of imidazole rings is 1. The van der Waals surface area contributed by atoms with Crippen LogP contribution in [0, 0.1) is 5.92 Å². The number of hydrogen-bond donors (Lipinski definition) is 0. The third-order valence-electron chi connectivity index (χ3n) is 3.67. The summed E-state index contributed by atoms with van der Waals surface area (Å²) in [4.78, 5) is 4.58. The van der Waals surface area contributed by atoms with E-state index in [9.17, 15) is 0 Å². The van der Waals surface area contributed by atoms with E-state index < -0.39 is 0 Å². The van der Waals surface area contributed by atoms with Crippen LogP contribution in [-0.4, -0.2) is 16.7 Å². The Balaban J connectivity index is 1.98. The molecule has 0 aliphatic carbocycles. The van der Waals surface area contributed by atoms with Gasteiger partial charge in [-0.3, -0.25) is 0 Å². The summed E-state index contributed by atoms with van der Waals surface area (Å²) in [5.74, 6) is 2.71. The van der Waals surface area contributed by atoms with Crippen molar-refractivity contribution in [3.63, 3.8) is 0 Å². The van der Waals surface area contributed by atoms with Crippen LogP contribution in [0.15, 0.2) is 30.5 Å². The normalized spacial score (nSPS) is 18.4. The molecule has 0 spiro atoms. The van der Waals surface area contributed by atoms with Crippen LogP contribution in [0.4, 0.5) is 0 Å². The molecule has 1 aromatic carbocycles. The number of ether oxygens (including phenoxy) is 1. The molecule has 18 heavy (non-hydrogen) atoms. The summed E-state index contributed by atoms with van der Waals surface area (Å²) in [5, 5.41) is 0. The minimum Gasteiger partial charge on any atom is -0.497 e. The standard InChI is InChI=1S/C15H18N2O/c1-11-3-6-13-9-16-15(17(13)10-11)12-4-7-14(18-2)8-5-12/h4-5,7-9,11H,3,6,10H2,1-2H3. The zero-order valence-corrected chi connectivity index (χ0v) is 10.9. The average molecular weight is 242 g/mol. The van der Waals surface area contributed by atoms with Gasteiger partial charge >= 0.3 is 0 Å². The maximum atomic E-state index is 5.19. The zero-order chi connectivity index (χ0) is 12.5. The van der Waals surface area contributed by atoms with E-state index in [1.54, 1.807) is 7.11 Å². The van der Waals surface area contributed by atoms with Crippen LogP contribution in [0.2, 0.25) is 0 Å². The van der Waals surface area contributed by atoms with E-state index in [0.29, 0.717) is 0 Å². The molecule has 3 rings (SSSR count). The van der Waals surface area contributed by atoms with Crippen molar-refractivity contribution in [1.82, 2.24) is 9.55 Å². The van der Waals surface area contributed by atoms with E-state index in [1.165, 1.54) is 12.1 Å². The smallest absolute Gasteiger partial charge is 0.140 e. The Morgan fingerprint density at radius 1 is 1.28 bits per heavy atom. The van der Waals surface area contributed by atoms with E-state index in [1.807, 2.05) is 18.3 Å². The van der Waals surface area contributed by atoms with Gasteiger partial charge < -0.3 is 9.30 Å². The highest BCUT2D eigenvalue weighted by Crippen LogP contribution is 2.27. The van der Waals surface area contributed by atoms with Crippen molar-refractivity contribution in [2.24, 2.45) is 5.92 Å². The molecule has 2 heterocycles. The van der Waals surface area contributed by atoms with E-state index in [0.717, 1.165) is 36.0 Å². The lowest BCUT2D eigenvalue weighted by Crippen LogP contribution is -2.18. The largest absolute Gasteiger partial charge is 0.497 e. The number of hydrogen-bond acceptors (Lipinski definition) is 2. The van der Waals surface area contributed by atoms with Crippen molar-refractivity contribution < 1.29 is 4.74 Å². The molecule has 1 unspecified atom stereocenters. The molecule has 0 radical (unpaired) electrons. The van der Waals surface area contributed by atoms with Crippen LogP contribution in [0.1, 0.15) is 19.0 Å². The van der Waals surface area contributed by atoms with Crippen molar-refractivity contribution in [2.45, 2.75) is 26.3 Å². The Morgan fingerprint density at radius 2 is 2.06 bits per heavy atom. The van der Waals surface area contributed by atoms with E-state index in [4.69, 9.17) is 4.74 Å². The first kappa shape index (κ1) is 11.3.